The summed E-state index contributed by atoms with van der Waals surface area (Å²) >= 11 is 0. The van der Waals surface area contributed by atoms with Crippen molar-refractivity contribution in [3.8, 4) is 11.1 Å². The van der Waals surface area contributed by atoms with Gasteiger partial charge in [-0.05, 0) is 105 Å². The molecular formula is C43H26N2O2. The number of benzene rings is 7. The van der Waals surface area contributed by atoms with Crippen molar-refractivity contribution in [1.29, 1.82) is 0 Å². The number of anilines is 3. The maximum absolute atomic E-state index is 6.50. The highest BCUT2D eigenvalue weighted by Crippen LogP contribution is 2.42. The number of rotatable bonds is 4. The summed E-state index contributed by atoms with van der Waals surface area (Å²) in [6.07, 6.45) is 3.65. The van der Waals surface area contributed by atoms with E-state index in [1.807, 2.05) is 24.5 Å². The zero-order valence-corrected chi connectivity index (χ0v) is 25.2. The molecule has 0 fully saturated rings. The number of hydrogen-bond donors (Lipinski definition) is 0. The van der Waals surface area contributed by atoms with Gasteiger partial charge in [-0.3, -0.25) is 4.98 Å². The molecule has 3 heterocycles. The Bertz CT molecular complexity index is 2640. The molecule has 47 heavy (non-hydrogen) atoms. The minimum atomic E-state index is 0.850. The van der Waals surface area contributed by atoms with Crippen LogP contribution in [-0.4, -0.2) is 4.98 Å². The molecule has 0 aliphatic carbocycles. The Balaban J connectivity index is 1.15. The highest BCUT2D eigenvalue weighted by Gasteiger charge is 2.18. The van der Waals surface area contributed by atoms with Gasteiger partial charge in [0.05, 0.1) is 0 Å². The summed E-state index contributed by atoms with van der Waals surface area (Å²) < 4.78 is 13.0. The smallest absolute Gasteiger partial charge is 0.137 e. The van der Waals surface area contributed by atoms with Crippen LogP contribution in [0.15, 0.2) is 167 Å². The lowest BCUT2D eigenvalue weighted by Crippen LogP contribution is -2.09. The van der Waals surface area contributed by atoms with Gasteiger partial charge in [-0.1, -0.05) is 60.7 Å². The Hall–Kier alpha value is -6.39. The molecule has 0 unspecified atom stereocenters. The highest BCUT2D eigenvalue weighted by atomic mass is 16.3. The van der Waals surface area contributed by atoms with Crippen LogP contribution in [0.3, 0.4) is 0 Å². The SMILES string of the molecule is c1ccc2cc3c(cc2c1)oc1cc(N(c2ccc(-c4ccncc4)cc2)c2ccc4c(c2)oc2cc5ccccc5cc24)ccc13. The largest absolute Gasteiger partial charge is 0.456 e. The average Bonchev–Trinajstić information content (AvgIpc) is 3.66. The molecule has 0 saturated carbocycles. The molecule has 3 aromatic heterocycles. The van der Waals surface area contributed by atoms with Crippen molar-refractivity contribution in [3.63, 3.8) is 0 Å². The molecule has 7 aromatic carbocycles. The van der Waals surface area contributed by atoms with Gasteiger partial charge in [-0.25, -0.2) is 0 Å². The first-order valence-corrected chi connectivity index (χ1v) is 15.8. The van der Waals surface area contributed by atoms with E-state index in [-0.39, 0.29) is 0 Å². The predicted molar refractivity (Wildman–Crippen MR) is 194 cm³/mol. The third kappa shape index (κ3) is 4.19. The van der Waals surface area contributed by atoms with Crippen LogP contribution in [0.1, 0.15) is 0 Å². The molecule has 10 aromatic rings. The summed E-state index contributed by atoms with van der Waals surface area (Å²) in [5.41, 5.74) is 8.77. The minimum Gasteiger partial charge on any atom is -0.456 e. The number of nitrogens with zero attached hydrogens (tertiary/aromatic N) is 2. The summed E-state index contributed by atoms with van der Waals surface area (Å²) in [5, 5.41) is 9.18. The quantitative estimate of drug-likeness (QED) is 0.201. The van der Waals surface area contributed by atoms with Crippen LogP contribution in [0, 0.1) is 0 Å². The molecule has 10 rings (SSSR count). The van der Waals surface area contributed by atoms with Crippen molar-refractivity contribution in [2.24, 2.45) is 0 Å². The first-order chi connectivity index (χ1) is 23.2. The molecular weight excluding hydrogens is 576 g/mol. The van der Waals surface area contributed by atoms with E-state index in [9.17, 15) is 0 Å². The van der Waals surface area contributed by atoms with Gasteiger partial charge in [0.1, 0.15) is 22.3 Å². The number of fused-ring (bicyclic) bond motifs is 8. The van der Waals surface area contributed by atoms with Crippen LogP contribution >= 0.6 is 0 Å². The van der Waals surface area contributed by atoms with Crippen LogP contribution in [0.25, 0.3) is 76.5 Å². The normalized spacial score (nSPS) is 11.8. The van der Waals surface area contributed by atoms with E-state index in [0.717, 1.165) is 72.1 Å². The van der Waals surface area contributed by atoms with E-state index in [4.69, 9.17) is 8.83 Å². The molecule has 0 amide bonds. The summed E-state index contributed by atoms with van der Waals surface area (Å²) in [5.74, 6) is 0. The summed E-state index contributed by atoms with van der Waals surface area (Å²) in [4.78, 5) is 6.45. The molecule has 0 saturated heterocycles. The number of hydrogen-bond acceptors (Lipinski definition) is 4. The van der Waals surface area contributed by atoms with Crippen LogP contribution in [-0.2, 0) is 0 Å². The van der Waals surface area contributed by atoms with E-state index in [1.165, 1.54) is 21.5 Å². The average molecular weight is 603 g/mol. The molecule has 0 atom stereocenters. The fourth-order valence-corrected chi connectivity index (χ4v) is 6.97. The van der Waals surface area contributed by atoms with Gasteiger partial charge in [0, 0.05) is 63.1 Å². The van der Waals surface area contributed by atoms with Gasteiger partial charge < -0.3 is 13.7 Å². The van der Waals surface area contributed by atoms with Crippen molar-refractivity contribution >= 4 is 82.5 Å². The van der Waals surface area contributed by atoms with E-state index < -0.39 is 0 Å². The molecule has 0 bridgehead atoms. The van der Waals surface area contributed by atoms with Crippen LogP contribution < -0.4 is 4.90 Å². The van der Waals surface area contributed by atoms with Gasteiger partial charge in [0.2, 0.25) is 0 Å². The van der Waals surface area contributed by atoms with E-state index >= 15 is 0 Å². The Kier molecular flexibility index (Phi) is 5.54. The molecule has 0 spiro atoms. The lowest BCUT2D eigenvalue weighted by Gasteiger charge is -2.25. The standard InChI is InChI=1S/C43H26N2O2/c1-3-7-31-23-40-38(21-29(31)5-1)36-15-13-34(25-42(36)46-40)45(33-11-9-27(10-12-33)28-17-19-44-20-18-28)35-14-16-37-39-22-30-6-2-4-8-32(30)24-41(39)47-43(37)26-35/h1-26H. The van der Waals surface area contributed by atoms with Crippen LogP contribution in [0.5, 0.6) is 0 Å². The summed E-state index contributed by atoms with van der Waals surface area (Å²) in [6, 6.07) is 51.3. The number of pyridine rings is 1. The second-order valence-corrected chi connectivity index (χ2v) is 12.1. The molecule has 4 nitrogen and oxygen atoms in total. The molecule has 220 valence electrons. The minimum absolute atomic E-state index is 0.850. The fourth-order valence-electron chi connectivity index (χ4n) is 6.97. The first-order valence-electron chi connectivity index (χ1n) is 15.8. The Labute approximate surface area is 269 Å². The van der Waals surface area contributed by atoms with Crippen molar-refractivity contribution in [3.05, 3.63) is 158 Å². The third-order valence-corrected chi connectivity index (χ3v) is 9.30. The Morgan fingerprint density at radius 2 is 0.787 bits per heavy atom. The second-order valence-electron chi connectivity index (χ2n) is 12.1. The monoisotopic (exact) mass is 602 g/mol. The summed E-state index contributed by atoms with van der Waals surface area (Å²) in [7, 11) is 0. The van der Waals surface area contributed by atoms with Crippen molar-refractivity contribution in [2.75, 3.05) is 4.90 Å². The zero-order valence-electron chi connectivity index (χ0n) is 25.2. The van der Waals surface area contributed by atoms with Crippen molar-refractivity contribution in [2.45, 2.75) is 0 Å². The van der Waals surface area contributed by atoms with Crippen LogP contribution in [0.4, 0.5) is 17.1 Å². The van der Waals surface area contributed by atoms with E-state index in [0.29, 0.717) is 0 Å². The molecule has 4 heteroatoms. The van der Waals surface area contributed by atoms with Crippen molar-refractivity contribution < 1.29 is 8.83 Å². The Morgan fingerprint density at radius 1 is 0.362 bits per heavy atom. The molecule has 0 N–H and O–H groups in total. The number of aromatic nitrogens is 1. The van der Waals surface area contributed by atoms with Gasteiger partial charge >= 0.3 is 0 Å². The van der Waals surface area contributed by atoms with Gasteiger partial charge in [0.15, 0.2) is 0 Å². The molecule has 0 radical (unpaired) electrons. The Morgan fingerprint density at radius 3 is 1.30 bits per heavy atom. The zero-order chi connectivity index (χ0) is 30.9. The second kappa shape index (κ2) is 10.1. The topological polar surface area (TPSA) is 42.4 Å². The van der Waals surface area contributed by atoms with E-state index in [2.05, 4.69) is 143 Å². The van der Waals surface area contributed by atoms with Crippen molar-refractivity contribution in [1.82, 2.24) is 4.98 Å². The fraction of sp³-hybridized carbons (Fsp3) is 0. The predicted octanol–water partition coefficient (Wildman–Crippen LogP) is 12.3. The highest BCUT2D eigenvalue weighted by molar-refractivity contribution is 6.12. The van der Waals surface area contributed by atoms with Gasteiger partial charge in [0.25, 0.3) is 0 Å². The maximum Gasteiger partial charge on any atom is 0.137 e. The van der Waals surface area contributed by atoms with Crippen LogP contribution in [0.2, 0.25) is 0 Å². The lowest BCUT2D eigenvalue weighted by molar-refractivity contribution is 0.669. The van der Waals surface area contributed by atoms with E-state index in [1.54, 1.807) is 0 Å². The molecule has 0 aliphatic rings. The third-order valence-electron chi connectivity index (χ3n) is 9.30. The van der Waals surface area contributed by atoms with Gasteiger partial charge in [-0.2, -0.15) is 0 Å². The summed E-state index contributed by atoms with van der Waals surface area (Å²) in [6.45, 7) is 0. The lowest BCUT2D eigenvalue weighted by atomic mass is 10.0. The number of furan rings is 2. The maximum atomic E-state index is 6.50. The van der Waals surface area contributed by atoms with Gasteiger partial charge in [-0.15, -0.1) is 0 Å². The first kappa shape index (κ1) is 25.9. The molecule has 0 aliphatic heterocycles.